The molecule has 1 aliphatic rings. The second-order valence-electron chi connectivity index (χ2n) is 2.38. The highest BCUT2D eigenvalue weighted by molar-refractivity contribution is 6.25. The molecule has 0 aromatic rings. The number of carbonyl (C=O) groups is 1. The molecule has 0 radical (unpaired) electrons. The predicted octanol–water partition coefficient (Wildman–Crippen LogP) is 1.81. The number of alkyl halides is 2. The normalized spacial score (nSPS) is 43.1. The molecule has 1 nitrogen and oxygen atoms in total. The van der Waals surface area contributed by atoms with Gasteiger partial charge in [0.25, 0.3) is 0 Å². The predicted molar refractivity (Wildman–Crippen MR) is 38.1 cm³/mol. The van der Waals surface area contributed by atoms with Crippen molar-refractivity contribution in [2.24, 2.45) is 5.92 Å². The van der Waals surface area contributed by atoms with Gasteiger partial charge in [-0.05, 0) is 12.8 Å². The monoisotopic (exact) mass is 166 g/mol. The van der Waals surface area contributed by atoms with Gasteiger partial charge in [-0.15, -0.1) is 23.2 Å². The largest absolute Gasteiger partial charge is 0.303 e. The minimum Gasteiger partial charge on any atom is -0.303 e. The van der Waals surface area contributed by atoms with Crippen LogP contribution in [0.1, 0.15) is 12.8 Å². The molecule has 0 amide bonds. The topological polar surface area (TPSA) is 17.1 Å². The molecule has 1 aliphatic carbocycles. The number of hydrogen-bond acceptors (Lipinski definition) is 1. The second-order valence-corrected chi connectivity index (χ2v) is 3.56. The zero-order valence-corrected chi connectivity index (χ0v) is 6.40. The Bertz CT molecular complexity index is 116. The Morgan fingerprint density at radius 1 is 1.33 bits per heavy atom. The molecule has 0 heterocycles. The maximum Gasteiger partial charge on any atom is 0.124 e. The maximum absolute atomic E-state index is 10.2. The summed E-state index contributed by atoms with van der Waals surface area (Å²) in [5.74, 6) is -0.00540. The molecule has 52 valence electrons. The summed E-state index contributed by atoms with van der Waals surface area (Å²) in [6.07, 6.45) is 2.42. The van der Waals surface area contributed by atoms with Gasteiger partial charge in [-0.25, -0.2) is 0 Å². The van der Waals surface area contributed by atoms with Gasteiger partial charge in [0.05, 0.1) is 0 Å². The Labute approximate surface area is 64.3 Å². The zero-order chi connectivity index (χ0) is 6.85. The van der Waals surface area contributed by atoms with Crippen molar-refractivity contribution in [1.29, 1.82) is 0 Å². The van der Waals surface area contributed by atoms with Crippen LogP contribution in [-0.4, -0.2) is 17.0 Å². The zero-order valence-electron chi connectivity index (χ0n) is 4.89. The van der Waals surface area contributed by atoms with Crippen molar-refractivity contribution in [3.63, 3.8) is 0 Å². The van der Waals surface area contributed by atoms with E-state index >= 15 is 0 Å². The van der Waals surface area contributed by atoms with Crippen LogP contribution in [0.15, 0.2) is 0 Å². The molecule has 1 fully saturated rings. The lowest BCUT2D eigenvalue weighted by Crippen LogP contribution is -2.06. The standard InChI is InChI=1S/C6H8Cl2O/c7-5-1-4(3-9)6(8)2-5/h3-6H,1-2H2. The first-order valence-corrected chi connectivity index (χ1v) is 3.84. The minimum atomic E-state index is -0.0231. The SMILES string of the molecule is O=CC1CC(Cl)CC1Cl. The number of carbonyl (C=O) groups excluding carboxylic acids is 1. The Morgan fingerprint density at radius 3 is 2.22 bits per heavy atom. The average Bonchev–Trinajstić information content (AvgIpc) is 2.10. The Morgan fingerprint density at radius 2 is 2.00 bits per heavy atom. The number of hydrogen-bond donors (Lipinski definition) is 0. The summed E-state index contributed by atoms with van der Waals surface area (Å²) < 4.78 is 0. The Hall–Kier alpha value is 0.250. The number of halogens is 2. The van der Waals surface area contributed by atoms with Gasteiger partial charge in [-0.2, -0.15) is 0 Å². The van der Waals surface area contributed by atoms with Crippen molar-refractivity contribution in [2.75, 3.05) is 0 Å². The lowest BCUT2D eigenvalue weighted by molar-refractivity contribution is -0.110. The molecule has 9 heavy (non-hydrogen) atoms. The summed E-state index contributed by atoms with van der Waals surface area (Å²) >= 11 is 11.5. The number of aldehydes is 1. The van der Waals surface area contributed by atoms with Crippen molar-refractivity contribution >= 4 is 29.5 Å². The van der Waals surface area contributed by atoms with Gasteiger partial charge in [-0.1, -0.05) is 0 Å². The summed E-state index contributed by atoms with van der Waals surface area (Å²) in [4.78, 5) is 10.2. The maximum atomic E-state index is 10.2. The van der Waals surface area contributed by atoms with Crippen LogP contribution in [0, 0.1) is 5.92 Å². The first-order valence-electron chi connectivity index (χ1n) is 2.97. The molecular weight excluding hydrogens is 159 g/mol. The van der Waals surface area contributed by atoms with Gasteiger partial charge in [0.1, 0.15) is 6.29 Å². The molecule has 3 atom stereocenters. The van der Waals surface area contributed by atoms with Crippen molar-refractivity contribution in [2.45, 2.75) is 23.6 Å². The van der Waals surface area contributed by atoms with Gasteiger partial charge >= 0.3 is 0 Å². The molecule has 3 heteroatoms. The van der Waals surface area contributed by atoms with Crippen LogP contribution in [0.5, 0.6) is 0 Å². The third kappa shape index (κ3) is 1.59. The first-order chi connectivity index (χ1) is 4.24. The van der Waals surface area contributed by atoms with E-state index in [1.165, 1.54) is 0 Å². The summed E-state index contributed by atoms with van der Waals surface area (Å²) in [6.45, 7) is 0. The van der Waals surface area contributed by atoms with Crippen LogP contribution < -0.4 is 0 Å². The lowest BCUT2D eigenvalue weighted by Gasteiger charge is -2.00. The minimum absolute atomic E-state index is 0.00540. The van der Waals surface area contributed by atoms with E-state index in [4.69, 9.17) is 23.2 Å². The van der Waals surface area contributed by atoms with E-state index in [2.05, 4.69) is 0 Å². The van der Waals surface area contributed by atoms with Gasteiger partial charge < -0.3 is 4.79 Å². The van der Waals surface area contributed by atoms with Gasteiger partial charge in [0.15, 0.2) is 0 Å². The quantitative estimate of drug-likeness (QED) is 0.430. The highest BCUT2D eigenvalue weighted by Crippen LogP contribution is 2.32. The van der Waals surface area contributed by atoms with Crippen molar-refractivity contribution < 1.29 is 4.79 Å². The molecule has 0 saturated heterocycles. The third-order valence-electron chi connectivity index (χ3n) is 1.65. The lowest BCUT2D eigenvalue weighted by atomic mass is 10.1. The molecule has 0 spiro atoms. The smallest absolute Gasteiger partial charge is 0.124 e. The summed E-state index contributed by atoms with van der Waals surface area (Å²) in [5.41, 5.74) is 0. The van der Waals surface area contributed by atoms with Crippen LogP contribution >= 0.6 is 23.2 Å². The molecule has 0 aromatic heterocycles. The summed E-state index contributed by atoms with van der Waals surface area (Å²) in [5, 5.41) is 0.0905. The van der Waals surface area contributed by atoms with E-state index in [1.54, 1.807) is 0 Å². The molecule has 0 N–H and O–H groups in total. The molecule has 0 aromatic carbocycles. The van der Waals surface area contributed by atoms with Crippen LogP contribution in [0.4, 0.5) is 0 Å². The van der Waals surface area contributed by atoms with E-state index in [0.29, 0.717) is 0 Å². The molecule has 1 rings (SSSR count). The van der Waals surface area contributed by atoms with Crippen molar-refractivity contribution in [3.8, 4) is 0 Å². The van der Waals surface area contributed by atoms with Crippen LogP contribution in [0.2, 0.25) is 0 Å². The third-order valence-corrected chi connectivity index (χ3v) is 2.51. The highest BCUT2D eigenvalue weighted by atomic mass is 35.5. The second kappa shape index (κ2) is 2.89. The summed E-state index contributed by atoms with van der Waals surface area (Å²) in [7, 11) is 0. The molecule has 3 unspecified atom stereocenters. The van der Waals surface area contributed by atoms with Gasteiger partial charge in [-0.3, -0.25) is 0 Å². The number of rotatable bonds is 1. The average molecular weight is 167 g/mol. The van der Waals surface area contributed by atoms with Crippen LogP contribution in [0.25, 0.3) is 0 Å². The van der Waals surface area contributed by atoms with Crippen LogP contribution in [-0.2, 0) is 4.79 Å². The Kier molecular flexibility index (Phi) is 2.36. The van der Waals surface area contributed by atoms with E-state index < -0.39 is 0 Å². The van der Waals surface area contributed by atoms with E-state index in [-0.39, 0.29) is 16.7 Å². The summed E-state index contributed by atoms with van der Waals surface area (Å²) in [6, 6.07) is 0. The fraction of sp³-hybridized carbons (Fsp3) is 0.833. The van der Waals surface area contributed by atoms with Crippen molar-refractivity contribution in [3.05, 3.63) is 0 Å². The van der Waals surface area contributed by atoms with Crippen molar-refractivity contribution in [1.82, 2.24) is 0 Å². The first kappa shape index (κ1) is 7.36. The molecule has 0 bridgehead atoms. The van der Waals surface area contributed by atoms with Gasteiger partial charge in [0, 0.05) is 16.7 Å². The van der Waals surface area contributed by atoms with Crippen LogP contribution in [0.3, 0.4) is 0 Å². The van der Waals surface area contributed by atoms with E-state index in [1.807, 2.05) is 0 Å². The highest BCUT2D eigenvalue weighted by Gasteiger charge is 2.31. The Balaban J connectivity index is 2.47. The molecule has 1 saturated carbocycles. The fourth-order valence-corrected chi connectivity index (χ4v) is 1.97. The van der Waals surface area contributed by atoms with Gasteiger partial charge in [0.2, 0.25) is 0 Å². The molecular formula is C6H8Cl2O. The van der Waals surface area contributed by atoms with E-state index in [0.717, 1.165) is 19.1 Å². The van der Waals surface area contributed by atoms with E-state index in [9.17, 15) is 4.79 Å². The molecule has 0 aliphatic heterocycles. The fourth-order valence-electron chi connectivity index (χ4n) is 1.10.